The molecule has 0 radical (unpaired) electrons. The monoisotopic (exact) mass is 396 g/mol. The van der Waals surface area contributed by atoms with Crippen molar-refractivity contribution in [3.05, 3.63) is 57.2 Å². The zero-order valence-electron chi connectivity index (χ0n) is 11.8. The minimum absolute atomic E-state index is 0.535. The van der Waals surface area contributed by atoms with Crippen LogP contribution in [0.3, 0.4) is 0 Å². The van der Waals surface area contributed by atoms with Crippen molar-refractivity contribution in [2.45, 2.75) is 13.3 Å². The van der Waals surface area contributed by atoms with Gasteiger partial charge in [-0.05, 0) is 47.2 Å². The molecule has 0 aliphatic carbocycles. The van der Waals surface area contributed by atoms with Crippen LogP contribution in [0.5, 0.6) is 11.5 Å². The van der Waals surface area contributed by atoms with Crippen LogP contribution in [0.1, 0.15) is 22.8 Å². The number of rotatable bonds is 7. The summed E-state index contributed by atoms with van der Waals surface area (Å²) >= 11 is 2.17. The Labute approximate surface area is 138 Å². The first-order chi connectivity index (χ1) is 10.2. The van der Waals surface area contributed by atoms with E-state index in [2.05, 4.69) is 34.7 Å². The normalized spacial score (nSPS) is 10.2. The van der Waals surface area contributed by atoms with E-state index in [0.717, 1.165) is 16.3 Å². The molecule has 0 aliphatic rings. The third-order valence-corrected chi connectivity index (χ3v) is 3.75. The van der Waals surface area contributed by atoms with Crippen LogP contribution in [0.25, 0.3) is 0 Å². The molecule has 4 heteroatoms. The fourth-order valence-electron chi connectivity index (χ4n) is 1.97. The Morgan fingerprint density at radius 1 is 1.14 bits per heavy atom. The summed E-state index contributed by atoms with van der Waals surface area (Å²) in [5.41, 5.74) is 1.83. The summed E-state index contributed by atoms with van der Waals surface area (Å²) in [6, 6.07) is 13.7. The van der Waals surface area contributed by atoms with E-state index >= 15 is 0 Å². The summed E-state index contributed by atoms with van der Waals surface area (Å²) in [5, 5.41) is 0. The molecule has 2 rings (SSSR count). The molecule has 0 fully saturated rings. The Bertz CT molecular complexity index is 596. The van der Waals surface area contributed by atoms with Crippen molar-refractivity contribution >= 4 is 28.9 Å². The molecule has 0 heterocycles. The second-order valence-corrected chi connectivity index (χ2v) is 5.63. The molecule has 0 N–H and O–H groups in total. The fraction of sp³-hybridized carbons (Fsp3) is 0.235. The van der Waals surface area contributed by atoms with Gasteiger partial charge in [-0.25, -0.2) is 0 Å². The van der Waals surface area contributed by atoms with E-state index in [1.807, 2.05) is 25.1 Å². The number of aldehydes is 1. The maximum Gasteiger partial charge on any atom is 0.174 e. The smallest absolute Gasteiger partial charge is 0.174 e. The van der Waals surface area contributed by atoms with Crippen molar-refractivity contribution in [1.82, 2.24) is 0 Å². The number of carbonyl (C=O) groups is 1. The Morgan fingerprint density at radius 2 is 1.90 bits per heavy atom. The van der Waals surface area contributed by atoms with Gasteiger partial charge in [-0.2, -0.15) is 0 Å². The molecule has 0 aromatic heterocycles. The molecule has 0 aliphatic heterocycles. The van der Waals surface area contributed by atoms with Gasteiger partial charge in [0.05, 0.1) is 16.8 Å². The molecule has 0 unspecified atom stereocenters. The highest BCUT2D eigenvalue weighted by Crippen LogP contribution is 2.34. The third kappa shape index (κ3) is 4.46. The van der Waals surface area contributed by atoms with Gasteiger partial charge in [-0.15, -0.1) is 0 Å². The Kier molecular flexibility index (Phi) is 6.04. The van der Waals surface area contributed by atoms with Crippen molar-refractivity contribution in [2.75, 3.05) is 13.2 Å². The number of halogens is 1. The maximum absolute atomic E-state index is 10.9. The minimum Gasteiger partial charge on any atom is -0.490 e. The standard InChI is InChI=1S/C17H17IO3/c1-2-20-16-11-14(12-19)10-15(18)17(16)21-9-8-13-6-4-3-5-7-13/h3-7,10-12H,2,8-9H2,1H3. The van der Waals surface area contributed by atoms with Gasteiger partial charge in [0, 0.05) is 12.0 Å². The summed E-state index contributed by atoms with van der Waals surface area (Å²) < 4.78 is 12.3. The van der Waals surface area contributed by atoms with Crippen LogP contribution in [0, 0.1) is 3.57 Å². The first kappa shape index (κ1) is 15.8. The van der Waals surface area contributed by atoms with E-state index < -0.39 is 0 Å². The summed E-state index contributed by atoms with van der Waals surface area (Å²) in [6.45, 7) is 3.02. The van der Waals surface area contributed by atoms with Crippen LogP contribution < -0.4 is 9.47 Å². The molecule has 2 aromatic rings. The summed E-state index contributed by atoms with van der Waals surface area (Å²) in [6.07, 6.45) is 1.65. The lowest BCUT2D eigenvalue weighted by Crippen LogP contribution is -2.05. The SMILES string of the molecule is CCOc1cc(C=O)cc(I)c1OCCc1ccccc1. The molecule has 0 spiro atoms. The highest BCUT2D eigenvalue weighted by Gasteiger charge is 2.12. The van der Waals surface area contributed by atoms with E-state index in [9.17, 15) is 4.79 Å². The van der Waals surface area contributed by atoms with Crippen molar-refractivity contribution in [1.29, 1.82) is 0 Å². The third-order valence-electron chi connectivity index (χ3n) is 2.95. The van der Waals surface area contributed by atoms with Crippen LogP contribution in [0.4, 0.5) is 0 Å². The highest BCUT2D eigenvalue weighted by atomic mass is 127. The lowest BCUT2D eigenvalue weighted by atomic mass is 10.2. The van der Waals surface area contributed by atoms with E-state index in [1.54, 1.807) is 12.1 Å². The zero-order chi connectivity index (χ0) is 15.1. The Morgan fingerprint density at radius 3 is 2.57 bits per heavy atom. The largest absolute Gasteiger partial charge is 0.490 e. The van der Waals surface area contributed by atoms with Gasteiger partial charge >= 0.3 is 0 Å². The minimum atomic E-state index is 0.535. The summed E-state index contributed by atoms with van der Waals surface area (Å²) in [7, 11) is 0. The first-order valence-electron chi connectivity index (χ1n) is 6.83. The van der Waals surface area contributed by atoms with Crippen molar-refractivity contribution < 1.29 is 14.3 Å². The number of carbonyl (C=O) groups excluding carboxylic acids is 1. The predicted octanol–water partition coefficient (Wildman–Crippen LogP) is 4.12. The predicted molar refractivity (Wildman–Crippen MR) is 91.4 cm³/mol. The molecular formula is C17H17IO3. The molecule has 0 bridgehead atoms. The highest BCUT2D eigenvalue weighted by molar-refractivity contribution is 14.1. The van der Waals surface area contributed by atoms with E-state index in [-0.39, 0.29) is 0 Å². The van der Waals surface area contributed by atoms with E-state index in [4.69, 9.17) is 9.47 Å². The number of hydrogen-bond acceptors (Lipinski definition) is 3. The number of ether oxygens (including phenoxy) is 2. The lowest BCUT2D eigenvalue weighted by Gasteiger charge is -2.14. The Hall–Kier alpha value is -1.56. The van der Waals surface area contributed by atoms with Gasteiger partial charge < -0.3 is 9.47 Å². The van der Waals surface area contributed by atoms with Crippen LogP contribution in [-0.2, 0) is 6.42 Å². The molecule has 3 nitrogen and oxygen atoms in total. The van der Waals surface area contributed by atoms with Crippen molar-refractivity contribution in [3.63, 3.8) is 0 Å². The van der Waals surface area contributed by atoms with E-state index in [1.165, 1.54) is 5.56 Å². The fourth-order valence-corrected chi connectivity index (χ4v) is 2.76. The Balaban J connectivity index is 2.09. The van der Waals surface area contributed by atoms with Crippen molar-refractivity contribution in [2.24, 2.45) is 0 Å². The average molecular weight is 396 g/mol. The topological polar surface area (TPSA) is 35.5 Å². The van der Waals surface area contributed by atoms with Gasteiger partial charge in [0.15, 0.2) is 11.5 Å². The molecule has 0 saturated heterocycles. The van der Waals surface area contributed by atoms with Crippen LogP contribution in [-0.4, -0.2) is 19.5 Å². The number of hydrogen-bond donors (Lipinski definition) is 0. The van der Waals surface area contributed by atoms with Gasteiger partial charge in [0.1, 0.15) is 6.29 Å². The molecular weight excluding hydrogens is 379 g/mol. The molecule has 0 atom stereocenters. The van der Waals surface area contributed by atoms with Crippen LogP contribution in [0.2, 0.25) is 0 Å². The van der Waals surface area contributed by atoms with Gasteiger partial charge in [0.25, 0.3) is 0 Å². The molecule has 0 amide bonds. The molecule has 2 aromatic carbocycles. The molecule has 21 heavy (non-hydrogen) atoms. The van der Waals surface area contributed by atoms with Crippen LogP contribution >= 0.6 is 22.6 Å². The van der Waals surface area contributed by atoms with Gasteiger partial charge in [-0.1, -0.05) is 30.3 Å². The van der Waals surface area contributed by atoms with Crippen LogP contribution in [0.15, 0.2) is 42.5 Å². The first-order valence-corrected chi connectivity index (χ1v) is 7.90. The quantitative estimate of drug-likeness (QED) is 0.522. The molecule has 110 valence electrons. The van der Waals surface area contributed by atoms with Gasteiger partial charge in [-0.3, -0.25) is 4.79 Å². The second kappa shape index (κ2) is 8.02. The maximum atomic E-state index is 10.9. The summed E-state index contributed by atoms with van der Waals surface area (Å²) in [5.74, 6) is 1.33. The zero-order valence-corrected chi connectivity index (χ0v) is 14.0. The second-order valence-electron chi connectivity index (χ2n) is 4.46. The van der Waals surface area contributed by atoms with Gasteiger partial charge in [0.2, 0.25) is 0 Å². The average Bonchev–Trinajstić information content (AvgIpc) is 2.51. The summed E-state index contributed by atoms with van der Waals surface area (Å²) in [4.78, 5) is 10.9. The number of benzene rings is 2. The molecule has 0 saturated carbocycles. The lowest BCUT2D eigenvalue weighted by molar-refractivity contribution is 0.112. The van der Waals surface area contributed by atoms with E-state index in [0.29, 0.717) is 30.3 Å². The van der Waals surface area contributed by atoms with Crippen molar-refractivity contribution in [3.8, 4) is 11.5 Å².